The summed E-state index contributed by atoms with van der Waals surface area (Å²) in [5.74, 6) is 0.183. The van der Waals surface area contributed by atoms with Gasteiger partial charge < -0.3 is 5.73 Å². The van der Waals surface area contributed by atoms with Gasteiger partial charge in [0.25, 0.3) is 5.56 Å². The van der Waals surface area contributed by atoms with Crippen molar-refractivity contribution in [3.63, 3.8) is 0 Å². The van der Waals surface area contributed by atoms with Crippen molar-refractivity contribution in [1.82, 2.24) is 24.6 Å². The predicted octanol–water partition coefficient (Wildman–Crippen LogP) is 2.76. The maximum Gasteiger partial charge on any atom is 0.257 e. The molecule has 1 aliphatic heterocycles. The van der Waals surface area contributed by atoms with Crippen LogP contribution >= 0.6 is 0 Å². The van der Waals surface area contributed by atoms with E-state index >= 15 is 0 Å². The molecule has 30 heavy (non-hydrogen) atoms. The lowest BCUT2D eigenvalue weighted by atomic mass is 10.0. The van der Waals surface area contributed by atoms with E-state index < -0.39 is 0 Å². The first-order valence-electron chi connectivity index (χ1n) is 9.96. The van der Waals surface area contributed by atoms with Gasteiger partial charge in [-0.3, -0.25) is 14.7 Å². The van der Waals surface area contributed by atoms with Crippen LogP contribution in [-0.2, 0) is 19.5 Å². The number of nitrogens with one attached hydrogen (secondary N) is 1. The van der Waals surface area contributed by atoms with E-state index in [1.807, 2.05) is 53.2 Å². The fraction of sp³-hybridized carbons (Fsp3) is 0.174. The Morgan fingerprint density at radius 3 is 2.53 bits per heavy atom. The van der Waals surface area contributed by atoms with Gasteiger partial charge >= 0.3 is 0 Å². The molecule has 0 aliphatic carbocycles. The lowest BCUT2D eigenvalue weighted by Crippen LogP contribution is -2.35. The summed E-state index contributed by atoms with van der Waals surface area (Å²) in [4.78, 5) is 21.5. The average Bonchev–Trinajstić information content (AvgIpc) is 3.19. The van der Waals surface area contributed by atoms with Crippen LogP contribution in [0.25, 0.3) is 16.9 Å². The van der Waals surface area contributed by atoms with Crippen LogP contribution in [-0.4, -0.2) is 31.2 Å². The van der Waals surface area contributed by atoms with Gasteiger partial charge in [-0.2, -0.15) is 5.10 Å². The van der Waals surface area contributed by atoms with Gasteiger partial charge in [0.1, 0.15) is 0 Å². The number of para-hydroxylation sites is 1. The minimum absolute atomic E-state index is 0.148. The van der Waals surface area contributed by atoms with E-state index in [4.69, 9.17) is 10.8 Å². The van der Waals surface area contributed by atoms with Crippen LogP contribution < -0.4 is 11.3 Å². The lowest BCUT2D eigenvalue weighted by molar-refractivity contribution is 0.242. The van der Waals surface area contributed by atoms with E-state index in [2.05, 4.69) is 33.2 Å². The third kappa shape index (κ3) is 3.51. The molecule has 150 valence electrons. The van der Waals surface area contributed by atoms with E-state index in [0.717, 1.165) is 34.7 Å². The standard InChI is InChI=1S/C23H22N6O/c24-23-25-20-11-12-28(15-19(20)22(30)26-23)13-17-14-29(18-9-5-2-6-10-18)27-21(17)16-7-3-1-4-8-16/h1-10,14H,11-13,15H2,(H3,24,25,26,30). The molecule has 7 heteroatoms. The Kier molecular flexibility index (Phi) is 4.65. The van der Waals surface area contributed by atoms with E-state index in [1.165, 1.54) is 0 Å². The highest BCUT2D eigenvalue weighted by atomic mass is 16.1. The quantitative estimate of drug-likeness (QED) is 0.551. The smallest absolute Gasteiger partial charge is 0.257 e. The molecule has 0 unspecified atom stereocenters. The Bertz CT molecular complexity index is 1230. The number of nitrogens with zero attached hydrogens (tertiary/aromatic N) is 4. The molecular formula is C23H22N6O. The van der Waals surface area contributed by atoms with Crippen molar-refractivity contribution in [2.24, 2.45) is 0 Å². The second-order valence-corrected chi connectivity index (χ2v) is 7.49. The summed E-state index contributed by atoms with van der Waals surface area (Å²) in [6, 6.07) is 20.3. The molecule has 0 amide bonds. The third-order valence-electron chi connectivity index (χ3n) is 5.42. The van der Waals surface area contributed by atoms with Crippen LogP contribution in [0.15, 0.2) is 71.7 Å². The van der Waals surface area contributed by atoms with E-state index in [-0.39, 0.29) is 11.5 Å². The Morgan fingerprint density at radius 1 is 1.03 bits per heavy atom. The van der Waals surface area contributed by atoms with Gasteiger partial charge in [-0.25, -0.2) is 9.67 Å². The second kappa shape index (κ2) is 7.61. The number of benzene rings is 2. The van der Waals surface area contributed by atoms with Crippen LogP contribution in [0.1, 0.15) is 16.8 Å². The highest BCUT2D eigenvalue weighted by Gasteiger charge is 2.23. The minimum Gasteiger partial charge on any atom is -0.369 e. The van der Waals surface area contributed by atoms with Gasteiger partial charge in [-0.05, 0) is 12.1 Å². The predicted molar refractivity (Wildman–Crippen MR) is 116 cm³/mol. The molecule has 0 spiro atoms. The third-order valence-corrected chi connectivity index (χ3v) is 5.42. The zero-order valence-corrected chi connectivity index (χ0v) is 16.5. The number of H-pyrrole nitrogens is 1. The number of nitrogen functional groups attached to an aromatic ring is 1. The molecule has 5 rings (SSSR count). The Labute approximate surface area is 173 Å². The van der Waals surface area contributed by atoms with Crippen molar-refractivity contribution >= 4 is 5.95 Å². The van der Waals surface area contributed by atoms with Crippen LogP contribution in [0.5, 0.6) is 0 Å². The van der Waals surface area contributed by atoms with Gasteiger partial charge in [-0.1, -0.05) is 48.5 Å². The fourth-order valence-electron chi connectivity index (χ4n) is 3.95. The van der Waals surface area contributed by atoms with Crippen molar-refractivity contribution in [2.45, 2.75) is 19.5 Å². The van der Waals surface area contributed by atoms with Gasteiger partial charge in [0.05, 0.1) is 22.6 Å². The Morgan fingerprint density at radius 2 is 1.77 bits per heavy atom. The van der Waals surface area contributed by atoms with E-state index in [0.29, 0.717) is 25.1 Å². The first-order valence-corrected chi connectivity index (χ1v) is 9.96. The van der Waals surface area contributed by atoms with Gasteiger partial charge in [0.2, 0.25) is 5.95 Å². The van der Waals surface area contributed by atoms with Crippen LogP contribution in [0.2, 0.25) is 0 Å². The summed E-state index contributed by atoms with van der Waals surface area (Å²) in [5.41, 5.74) is 11.2. The summed E-state index contributed by atoms with van der Waals surface area (Å²) in [6.07, 6.45) is 2.79. The van der Waals surface area contributed by atoms with Crippen LogP contribution in [0, 0.1) is 0 Å². The number of fused-ring (bicyclic) bond motifs is 1. The zero-order valence-electron chi connectivity index (χ0n) is 16.5. The van der Waals surface area contributed by atoms with Crippen molar-refractivity contribution < 1.29 is 0 Å². The summed E-state index contributed by atoms with van der Waals surface area (Å²) >= 11 is 0. The van der Waals surface area contributed by atoms with Gasteiger partial charge in [0, 0.05) is 43.4 Å². The summed E-state index contributed by atoms with van der Waals surface area (Å²) in [7, 11) is 0. The molecule has 1 aliphatic rings. The molecule has 0 radical (unpaired) electrons. The Hall–Kier alpha value is -3.71. The SMILES string of the molecule is Nc1nc2c(c(=O)[nH]1)CN(Cc1cn(-c3ccccc3)nc1-c1ccccc1)CC2. The normalized spacial score (nSPS) is 13.9. The number of hydrogen-bond donors (Lipinski definition) is 2. The van der Waals surface area contributed by atoms with E-state index in [1.54, 1.807) is 0 Å². The zero-order chi connectivity index (χ0) is 20.5. The van der Waals surface area contributed by atoms with Crippen molar-refractivity contribution in [2.75, 3.05) is 12.3 Å². The fourth-order valence-corrected chi connectivity index (χ4v) is 3.95. The van der Waals surface area contributed by atoms with Crippen molar-refractivity contribution in [3.8, 4) is 16.9 Å². The summed E-state index contributed by atoms with van der Waals surface area (Å²) < 4.78 is 1.92. The number of nitrogens with two attached hydrogens (primary N) is 1. The molecule has 0 fully saturated rings. The molecule has 3 heterocycles. The molecule has 0 bridgehead atoms. The summed E-state index contributed by atoms with van der Waals surface area (Å²) in [5, 5.41) is 4.88. The number of aromatic amines is 1. The largest absolute Gasteiger partial charge is 0.369 e. The van der Waals surface area contributed by atoms with Crippen LogP contribution in [0.4, 0.5) is 5.95 Å². The number of hydrogen-bond acceptors (Lipinski definition) is 5. The first kappa shape index (κ1) is 18.3. The second-order valence-electron chi connectivity index (χ2n) is 7.49. The molecule has 7 nitrogen and oxygen atoms in total. The average molecular weight is 398 g/mol. The Balaban J connectivity index is 1.49. The topological polar surface area (TPSA) is 92.8 Å². The highest BCUT2D eigenvalue weighted by molar-refractivity contribution is 5.63. The van der Waals surface area contributed by atoms with Crippen molar-refractivity contribution in [3.05, 3.63) is 94.0 Å². The van der Waals surface area contributed by atoms with E-state index in [9.17, 15) is 4.79 Å². The maximum atomic E-state index is 12.3. The first-order chi connectivity index (χ1) is 14.7. The lowest BCUT2D eigenvalue weighted by Gasteiger charge is -2.27. The molecule has 3 N–H and O–H groups in total. The molecule has 0 saturated carbocycles. The molecule has 2 aromatic carbocycles. The van der Waals surface area contributed by atoms with Gasteiger partial charge in [0.15, 0.2) is 0 Å². The molecule has 4 aromatic rings. The number of aromatic nitrogens is 4. The van der Waals surface area contributed by atoms with Crippen LogP contribution in [0.3, 0.4) is 0 Å². The maximum absolute atomic E-state index is 12.3. The summed E-state index contributed by atoms with van der Waals surface area (Å²) in [6.45, 7) is 2.05. The molecular weight excluding hydrogens is 376 g/mol. The minimum atomic E-state index is -0.148. The van der Waals surface area contributed by atoms with Gasteiger partial charge in [-0.15, -0.1) is 0 Å². The number of anilines is 1. The monoisotopic (exact) mass is 398 g/mol. The molecule has 2 aromatic heterocycles. The highest BCUT2D eigenvalue weighted by Crippen LogP contribution is 2.26. The molecule has 0 saturated heterocycles. The molecule has 0 atom stereocenters. The van der Waals surface area contributed by atoms with Crippen molar-refractivity contribution in [1.29, 1.82) is 0 Å². The number of rotatable bonds is 4.